The summed E-state index contributed by atoms with van der Waals surface area (Å²) >= 11 is 0. The van der Waals surface area contributed by atoms with Gasteiger partial charge in [-0.25, -0.2) is 9.78 Å². The molecule has 0 unspecified atom stereocenters. The van der Waals surface area contributed by atoms with Gasteiger partial charge in [-0.2, -0.15) is 0 Å². The fourth-order valence-corrected chi connectivity index (χ4v) is 3.93. The van der Waals surface area contributed by atoms with Gasteiger partial charge >= 0.3 is 6.09 Å². The minimum atomic E-state index is -0.305. The van der Waals surface area contributed by atoms with E-state index in [1.54, 1.807) is 25.3 Å². The Kier molecular flexibility index (Phi) is 7.26. The smallest absolute Gasteiger partial charge is 0.415 e. The summed E-state index contributed by atoms with van der Waals surface area (Å²) in [6.45, 7) is 6.13. The molecule has 1 fully saturated rings. The highest BCUT2D eigenvalue weighted by Gasteiger charge is 2.37. The maximum Gasteiger partial charge on any atom is 0.415 e. The van der Waals surface area contributed by atoms with E-state index in [1.165, 1.54) is 0 Å². The summed E-state index contributed by atoms with van der Waals surface area (Å²) in [5.41, 5.74) is 2.77. The molecule has 6 heteroatoms. The molecule has 0 radical (unpaired) electrons. The van der Waals surface area contributed by atoms with Crippen molar-refractivity contribution in [2.75, 3.05) is 12.4 Å². The van der Waals surface area contributed by atoms with Crippen LogP contribution in [0.2, 0.25) is 0 Å². The quantitative estimate of drug-likeness (QED) is 0.439. The second-order valence-corrected chi connectivity index (χ2v) is 9.51. The molecule has 3 aromatic rings. The standard InChI is InChI=1S/C29H31N3O3/c1-29(2,3)32(23-11-8-12-23)28(33)35-24-16-14-22(15-17-24)30-25-19-20-27(34-4)31-26(25)18-13-21-9-6-5-7-10-21/h5-7,9-10,14-17,19-20,23,30H,8,11-12H2,1-4H3. The van der Waals surface area contributed by atoms with Crippen LogP contribution in [0.25, 0.3) is 0 Å². The van der Waals surface area contributed by atoms with Gasteiger partial charge in [-0.3, -0.25) is 0 Å². The molecule has 35 heavy (non-hydrogen) atoms. The second-order valence-electron chi connectivity index (χ2n) is 9.51. The highest BCUT2D eigenvalue weighted by atomic mass is 16.6. The predicted molar refractivity (Wildman–Crippen MR) is 138 cm³/mol. The van der Waals surface area contributed by atoms with Crippen LogP contribution >= 0.6 is 0 Å². The van der Waals surface area contributed by atoms with Crippen molar-refractivity contribution < 1.29 is 14.3 Å². The van der Waals surface area contributed by atoms with Crippen molar-refractivity contribution in [3.05, 3.63) is 78.0 Å². The number of amides is 1. The molecule has 0 saturated heterocycles. The van der Waals surface area contributed by atoms with Crippen LogP contribution in [0.15, 0.2) is 66.7 Å². The number of pyridine rings is 1. The molecule has 1 heterocycles. The van der Waals surface area contributed by atoms with Crippen LogP contribution in [0.4, 0.5) is 16.2 Å². The minimum absolute atomic E-state index is 0.251. The number of hydrogen-bond donors (Lipinski definition) is 1. The predicted octanol–water partition coefficient (Wildman–Crippen LogP) is 6.39. The van der Waals surface area contributed by atoms with Crippen LogP contribution in [-0.2, 0) is 0 Å². The molecule has 2 aromatic carbocycles. The van der Waals surface area contributed by atoms with Gasteiger partial charge in [0, 0.05) is 28.9 Å². The first-order valence-electron chi connectivity index (χ1n) is 11.8. The molecule has 4 rings (SSSR count). The van der Waals surface area contributed by atoms with E-state index in [1.807, 2.05) is 74.2 Å². The molecule has 0 aliphatic heterocycles. The average Bonchev–Trinajstić information content (AvgIpc) is 2.81. The summed E-state index contributed by atoms with van der Waals surface area (Å²) in [7, 11) is 1.58. The molecular weight excluding hydrogens is 438 g/mol. The lowest BCUT2D eigenvalue weighted by atomic mass is 9.88. The highest BCUT2D eigenvalue weighted by molar-refractivity contribution is 5.73. The molecule has 1 aliphatic carbocycles. The van der Waals surface area contributed by atoms with Gasteiger partial charge in [-0.15, -0.1) is 0 Å². The maximum absolute atomic E-state index is 12.9. The van der Waals surface area contributed by atoms with E-state index in [0.717, 1.165) is 36.2 Å². The minimum Gasteiger partial charge on any atom is -0.481 e. The Hall–Kier alpha value is -3.98. The Bertz CT molecular complexity index is 1220. The second kappa shape index (κ2) is 10.5. The Morgan fingerprint density at radius 1 is 1.00 bits per heavy atom. The van der Waals surface area contributed by atoms with Crippen LogP contribution < -0.4 is 14.8 Å². The Morgan fingerprint density at radius 2 is 1.71 bits per heavy atom. The number of nitrogens with one attached hydrogen (secondary N) is 1. The molecule has 6 nitrogen and oxygen atoms in total. The topological polar surface area (TPSA) is 63.7 Å². The Balaban J connectivity index is 1.49. The number of anilines is 2. The van der Waals surface area contributed by atoms with Gasteiger partial charge < -0.3 is 19.7 Å². The monoisotopic (exact) mass is 469 g/mol. The normalized spacial score (nSPS) is 13.1. The molecular formula is C29H31N3O3. The molecule has 0 bridgehead atoms. The molecule has 1 aromatic heterocycles. The third-order valence-corrected chi connectivity index (χ3v) is 5.88. The summed E-state index contributed by atoms with van der Waals surface area (Å²) in [6, 6.07) is 21.0. The highest BCUT2D eigenvalue weighted by Crippen LogP contribution is 2.32. The lowest BCUT2D eigenvalue weighted by Gasteiger charge is -2.44. The van der Waals surface area contributed by atoms with Gasteiger partial charge in [-0.1, -0.05) is 24.1 Å². The van der Waals surface area contributed by atoms with Crippen molar-refractivity contribution in [2.24, 2.45) is 0 Å². The van der Waals surface area contributed by atoms with Gasteiger partial charge in [-0.05, 0) is 88.4 Å². The summed E-state index contributed by atoms with van der Waals surface area (Å²) in [5, 5.41) is 3.35. The van der Waals surface area contributed by atoms with E-state index < -0.39 is 0 Å². The zero-order valence-electron chi connectivity index (χ0n) is 20.7. The van der Waals surface area contributed by atoms with E-state index in [9.17, 15) is 4.79 Å². The fourth-order valence-electron chi connectivity index (χ4n) is 3.93. The lowest BCUT2D eigenvalue weighted by molar-refractivity contribution is 0.0469. The van der Waals surface area contributed by atoms with E-state index in [0.29, 0.717) is 17.3 Å². The van der Waals surface area contributed by atoms with Crippen LogP contribution in [0.5, 0.6) is 11.6 Å². The maximum atomic E-state index is 12.9. The van der Waals surface area contributed by atoms with E-state index in [-0.39, 0.29) is 17.7 Å². The van der Waals surface area contributed by atoms with Crippen LogP contribution in [0, 0.1) is 11.8 Å². The number of methoxy groups -OCH3 is 1. The number of nitrogens with zero attached hydrogens (tertiary/aromatic N) is 2. The van der Waals surface area contributed by atoms with Gasteiger partial charge in [0.05, 0.1) is 12.8 Å². The molecule has 1 amide bonds. The van der Waals surface area contributed by atoms with Crippen LogP contribution in [0.1, 0.15) is 51.3 Å². The van der Waals surface area contributed by atoms with E-state index >= 15 is 0 Å². The average molecular weight is 470 g/mol. The number of rotatable bonds is 5. The third kappa shape index (κ3) is 6.13. The van der Waals surface area contributed by atoms with Crippen molar-refractivity contribution in [2.45, 2.75) is 51.6 Å². The zero-order valence-corrected chi connectivity index (χ0v) is 20.7. The summed E-state index contributed by atoms with van der Waals surface area (Å²) in [5.74, 6) is 7.27. The van der Waals surface area contributed by atoms with Gasteiger partial charge in [0.15, 0.2) is 0 Å². The van der Waals surface area contributed by atoms with Crippen molar-refractivity contribution in [3.8, 4) is 23.5 Å². The molecule has 0 spiro atoms. The SMILES string of the molecule is COc1ccc(Nc2ccc(OC(=O)N(C3CCC3)C(C)(C)C)cc2)c(C#Cc2ccccc2)n1. The Morgan fingerprint density at radius 3 is 2.31 bits per heavy atom. The molecule has 0 atom stereocenters. The third-order valence-electron chi connectivity index (χ3n) is 5.88. The first-order chi connectivity index (χ1) is 16.8. The van der Waals surface area contributed by atoms with Gasteiger partial charge in [0.1, 0.15) is 11.4 Å². The molecule has 180 valence electrons. The first-order valence-corrected chi connectivity index (χ1v) is 11.8. The van der Waals surface area contributed by atoms with Crippen LogP contribution in [0.3, 0.4) is 0 Å². The van der Waals surface area contributed by atoms with Gasteiger partial charge in [0.25, 0.3) is 0 Å². The van der Waals surface area contributed by atoms with Crippen molar-refractivity contribution in [3.63, 3.8) is 0 Å². The first kappa shape index (κ1) is 24.2. The van der Waals surface area contributed by atoms with Gasteiger partial charge in [0.2, 0.25) is 5.88 Å². The number of ether oxygens (including phenoxy) is 2. The number of carbonyl (C=O) groups is 1. The van der Waals surface area contributed by atoms with Crippen molar-refractivity contribution in [1.82, 2.24) is 9.88 Å². The zero-order chi connectivity index (χ0) is 24.8. The Labute approximate surface area is 207 Å². The molecule has 1 N–H and O–H groups in total. The molecule has 1 saturated carbocycles. The van der Waals surface area contributed by atoms with Crippen LogP contribution in [-0.4, -0.2) is 34.7 Å². The number of hydrogen-bond acceptors (Lipinski definition) is 5. The summed E-state index contributed by atoms with van der Waals surface area (Å²) < 4.78 is 11.0. The van der Waals surface area contributed by atoms with Crippen molar-refractivity contribution in [1.29, 1.82) is 0 Å². The van der Waals surface area contributed by atoms with Crippen molar-refractivity contribution >= 4 is 17.5 Å². The number of carbonyl (C=O) groups excluding carboxylic acids is 1. The fraction of sp³-hybridized carbons (Fsp3) is 0.310. The lowest BCUT2D eigenvalue weighted by Crippen LogP contribution is -2.55. The van der Waals surface area contributed by atoms with E-state index in [2.05, 4.69) is 22.1 Å². The summed E-state index contributed by atoms with van der Waals surface area (Å²) in [6.07, 6.45) is 2.91. The number of aromatic nitrogens is 1. The molecule has 1 aliphatic rings. The largest absolute Gasteiger partial charge is 0.481 e. The number of benzene rings is 2. The van der Waals surface area contributed by atoms with E-state index in [4.69, 9.17) is 9.47 Å². The summed E-state index contributed by atoms with van der Waals surface area (Å²) in [4.78, 5) is 19.3.